The lowest BCUT2D eigenvalue weighted by Gasteiger charge is -2.17. The Morgan fingerprint density at radius 2 is 1.69 bits per heavy atom. The molecule has 1 unspecified atom stereocenters. The Morgan fingerprint density at radius 3 is 2.08 bits per heavy atom. The molecule has 72 valence electrons. The minimum atomic E-state index is -3.60. The molecule has 0 aliphatic carbocycles. The maximum atomic E-state index is 12.8. The van der Waals surface area contributed by atoms with E-state index in [9.17, 15) is 13.2 Å². The summed E-state index contributed by atoms with van der Waals surface area (Å²) in [6.45, 7) is 0. The van der Waals surface area contributed by atoms with Crippen LogP contribution in [0.15, 0.2) is 24.3 Å². The molecule has 0 aromatic heterocycles. The molecule has 1 atom stereocenters. The molecule has 0 fully saturated rings. The van der Waals surface area contributed by atoms with Gasteiger partial charge in [-0.15, -0.1) is 0 Å². The van der Waals surface area contributed by atoms with E-state index < -0.39 is 17.8 Å². The van der Waals surface area contributed by atoms with E-state index in [0.717, 1.165) is 12.1 Å². The van der Waals surface area contributed by atoms with Crippen LogP contribution < -0.4 is 5.73 Å². The number of hydrogen-bond donors (Lipinski definition) is 2. The Hall–Kier alpha value is -1.23. The van der Waals surface area contributed by atoms with Crippen molar-refractivity contribution in [1.82, 2.24) is 0 Å². The zero-order chi connectivity index (χ0) is 10.1. The molecule has 1 rings (SSSR count). The Balaban J connectivity index is 3.01. The second kappa shape index (κ2) is 3.26. The predicted molar refractivity (Wildman–Crippen MR) is 41.9 cm³/mol. The number of aliphatic hydroxyl groups is 1. The Kier molecular flexibility index (Phi) is 2.47. The molecule has 0 amide bonds. The number of alkyl halides is 3. The summed E-state index contributed by atoms with van der Waals surface area (Å²) < 4.78 is 36.7. The van der Waals surface area contributed by atoms with Crippen LogP contribution in [0.2, 0.25) is 0 Å². The minimum Gasteiger partial charge on any atom is -0.399 e. The average Bonchev–Trinajstić information content (AvgIpc) is 2.04. The molecule has 13 heavy (non-hydrogen) atoms. The number of anilines is 1. The monoisotopic (exact) mass is 191 g/mol. The molecule has 5 heteroatoms. The van der Waals surface area contributed by atoms with Crippen LogP contribution in [-0.2, 0) is 5.85 Å². The van der Waals surface area contributed by atoms with Gasteiger partial charge >= 0.3 is 6.43 Å². The number of nitrogen functional groups attached to an aromatic ring is 1. The third kappa shape index (κ3) is 1.92. The normalized spacial score (nSPS) is 15.8. The van der Waals surface area contributed by atoms with Gasteiger partial charge in [-0.05, 0) is 12.1 Å². The van der Waals surface area contributed by atoms with Crippen molar-refractivity contribution in [2.24, 2.45) is 0 Å². The molecule has 0 saturated carbocycles. The third-order valence-electron chi connectivity index (χ3n) is 1.60. The summed E-state index contributed by atoms with van der Waals surface area (Å²) in [5.74, 6) is -3.60. The van der Waals surface area contributed by atoms with E-state index in [2.05, 4.69) is 0 Å². The summed E-state index contributed by atoms with van der Waals surface area (Å²) in [6.07, 6.45) is -3.48. The first-order chi connectivity index (χ1) is 5.94. The summed E-state index contributed by atoms with van der Waals surface area (Å²) in [6, 6.07) is 4.51. The van der Waals surface area contributed by atoms with Crippen LogP contribution in [0, 0.1) is 0 Å². The van der Waals surface area contributed by atoms with Crippen molar-refractivity contribution in [3.63, 3.8) is 0 Å². The highest BCUT2D eigenvalue weighted by atomic mass is 19.3. The van der Waals surface area contributed by atoms with Gasteiger partial charge in [0.25, 0.3) is 5.85 Å². The van der Waals surface area contributed by atoms with E-state index in [1.807, 2.05) is 0 Å². The molecule has 0 bridgehead atoms. The number of nitrogens with two attached hydrogens (primary N) is 1. The van der Waals surface area contributed by atoms with Gasteiger partial charge in [0.05, 0.1) is 0 Å². The zero-order valence-electron chi connectivity index (χ0n) is 6.55. The standard InChI is InChI=1S/C8H8F3NO/c9-7(10)8(11,13)5-1-3-6(12)4-2-5/h1-4,7,13H,12H2. The third-order valence-corrected chi connectivity index (χ3v) is 1.60. The fraction of sp³-hybridized carbons (Fsp3) is 0.250. The fourth-order valence-corrected chi connectivity index (χ4v) is 0.843. The predicted octanol–water partition coefficient (Wildman–Crippen LogP) is 1.65. The highest BCUT2D eigenvalue weighted by Crippen LogP contribution is 2.29. The molecule has 0 saturated heterocycles. The lowest BCUT2D eigenvalue weighted by atomic mass is 10.1. The topological polar surface area (TPSA) is 46.2 Å². The Labute approximate surface area is 72.8 Å². The maximum absolute atomic E-state index is 12.8. The molecule has 0 aliphatic rings. The number of benzene rings is 1. The van der Waals surface area contributed by atoms with Gasteiger partial charge in [-0.2, -0.15) is 0 Å². The van der Waals surface area contributed by atoms with Crippen LogP contribution in [0.25, 0.3) is 0 Å². The van der Waals surface area contributed by atoms with Crippen LogP contribution >= 0.6 is 0 Å². The second-order valence-electron chi connectivity index (χ2n) is 2.60. The Bertz CT molecular complexity index is 284. The highest BCUT2D eigenvalue weighted by Gasteiger charge is 2.39. The molecule has 2 nitrogen and oxygen atoms in total. The van der Waals surface area contributed by atoms with Gasteiger partial charge in [0.1, 0.15) is 0 Å². The van der Waals surface area contributed by atoms with Crippen LogP contribution in [0.3, 0.4) is 0 Å². The van der Waals surface area contributed by atoms with Gasteiger partial charge in [-0.1, -0.05) is 12.1 Å². The van der Waals surface area contributed by atoms with Crippen LogP contribution in [0.5, 0.6) is 0 Å². The van der Waals surface area contributed by atoms with E-state index >= 15 is 0 Å². The molecule has 0 heterocycles. The van der Waals surface area contributed by atoms with E-state index in [0.29, 0.717) is 5.69 Å². The summed E-state index contributed by atoms with van der Waals surface area (Å²) >= 11 is 0. The van der Waals surface area contributed by atoms with Crippen LogP contribution in [-0.4, -0.2) is 11.5 Å². The van der Waals surface area contributed by atoms with Crippen molar-refractivity contribution in [2.75, 3.05) is 5.73 Å². The van der Waals surface area contributed by atoms with E-state index in [-0.39, 0.29) is 0 Å². The van der Waals surface area contributed by atoms with E-state index in [4.69, 9.17) is 10.8 Å². The summed E-state index contributed by atoms with van der Waals surface area (Å²) in [7, 11) is 0. The molecule has 1 aromatic rings. The SMILES string of the molecule is Nc1ccc(C(O)(F)C(F)F)cc1. The van der Waals surface area contributed by atoms with Gasteiger partial charge < -0.3 is 10.8 Å². The largest absolute Gasteiger partial charge is 0.399 e. The number of hydrogen-bond acceptors (Lipinski definition) is 2. The van der Waals surface area contributed by atoms with Crippen molar-refractivity contribution in [1.29, 1.82) is 0 Å². The van der Waals surface area contributed by atoms with Gasteiger partial charge in [0.15, 0.2) is 0 Å². The van der Waals surface area contributed by atoms with Gasteiger partial charge in [0.2, 0.25) is 0 Å². The molecular weight excluding hydrogens is 183 g/mol. The lowest BCUT2D eigenvalue weighted by Crippen LogP contribution is -2.28. The molecule has 0 spiro atoms. The Morgan fingerprint density at radius 1 is 1.23 bits per heavy atom. The average molecular weight is 191 g/mol. The maximum Gasteiger partial charge on any atom is 0.300 e. The van der Waals surface area contributed by atoms with Gasteiger partial charge in [0, 0.05) is 11.3 Å². The molecule has 1 aromatic carbocycles. The highest BCUT2D eigenvalue weighted by molar-refractivity contribution is 5.40. The molecule has 3 N–H and O–H groups in total. The van der Waals surface area contributed by atoms with E-state index in [1.54, 1.807) is 0 Å². The van der Waals surface area contributed by atoms with Crippen LogP contribution in [0.4, 0.5) is 18.9 Å². The molecular formula is C8H8F3NO. The second-order valence-corrected chi connectivity index (χ2v) is 2.60. The first kappa shape index (κ1) is 9.85. The molecule has 0 aliphatic heterocycles. The van der Waals surface area contributed by atoms with Crippen molar-refractivity contribution < 1.29 is 18.3 Å². The van der Waals surface area contributed by atoms with Crippen molar-refractivity contribution in [3.05, 3.63) is 29.8 Å². The van der Waals surface area contributed by atoms with Gasteiger partial charge in [-0.25, -0.2) is 13.2 Å². The summed E-state index contributed by atoms with van der Waals surface area (Å²) in [4.78, 5) is 0. The first-order valence-electron chi connectivity index (χ1n) is 3.50. The minimum absolute atomic E-state index is 0.314. The van der Waals surface area contributed by atoms with Crippen molar-refractivity contribution >= 4 is 5.69 Å². The van der Waals surface area contributed by atoms with Crippen molar-refractivity contribution in [3.8, 4) is 0 Å². The fourth-order valence-electron chi connectivity index (χ4n) is 0.843. The van der Waals surface area contributed by atoms with Gasteiger partial charge in [-0.3, -0.25) is 0 Å². The van der Waals surface area contributed by atoms with Crippen LogP contribution in [0.1, 0.15) is 5.56 Å². The number of halogens is 3. The lowest BCUT2D eigenvalue weighted by molar-refractivity contribution is -0.194. The van der Waals surface area contributed by atoms with Crippen molar-refractivity contribution in [2.45, 2.75) is 12.3 Å². The van der Waals surface area contributed by atoms with E-state index in [1.165, 1.54) is 12.1 Å². The summed E-state index contributed by atoms with van der Waals surface area (Å²) in [5.41, 5.74) is 5.07. The quantitative estimate of drug-likeness (QED) is 0.698. The summed E-state index contributed by atoms with van der Waals surface area (Å²) in [5, 5.41) is 8.70. The zero-order valence-corrected chi connectivity index (χ0v) is 6.55. The first-order valence-corrected chi connectivity index (χ1v) is 3.50. The number of rotatable bonds is 2. The smallest absolute Gasteiger partial charge is 0.300 e. The molecule has 0 radical (unpaired) electrons.